The topological polar surface area (TPSA) is 69.1 Å². The van der Waals surface area contributed by atoms with Crippen molar-refractivity contribution in [1.82, 2.24) is 0 Å². The molecule has 0 saturated heterocycles. The molecule has 0 spiro atoms. The minimum Gasteiger partial charge on any atom is -0.493 e. The maximum absolute atomic E-state index is 12.3. The zero-order valence-corrected chi connectivity index (χ0v) is 16.3. The van der Waals surface area contributed by atoms with E-state index in [1.165, 1.54) is 6.92 Å². The summed E-state index contributed by atoms with van der Waals surface area (Å²) in [7, 11) is 3.56. The molecule has 2 aromatic carbocycles. The van der Waals surface area contributed by atoms with E-state index in [0.29, 0.717) is 42.4 Å². The molecule has 0 aromatic heterocycles. The van der Waals surface area contributed by atoms with Gasteiger partial charge in [-0.2, -0.15) is 0 Å². The molecule has 1 atom stereocenters. The summed E-state index contributed by atoms with van der Waals surface area (Å²) in [6, 6.07) is 12.7. The van der Waals surface area contributed by atoms with Crippen LogP contribution in [0.5, 0.6) is 11.5 Å². The Morgan fingerprint density at radius 1 is 1.11 bits per heavy atom. The van der Waals surface area contributed by atoms with Crippen molar-refractivity contribution >= 4 is 17.4 Å². The molecule has 6 nitrogen and oxygen atoms in total. The molecule has 1 amide bonds. The van der Waals surface area contributed by atoms with E-state index >= 15 is 0 Å². The van der Waals surface area contributed by atoms with Gasteiger partial charge in [-0.05, 0) is 44.2 Å². The summed E-state index contributed by atoms with van der Waals surface area (Å²) in [6.45, 7) is 4.98. The lowest BCUT2D eigenvalue weighted by Crippen LogP contribution is -3.08. The molecule has 0 fully saturated rings. The highest BCUT2D eigenvalue weighted by atomic mass is 16.5. The predicted molar refractivity (Wildman–Crippen MR) is 105 cm³/mol. The number of likely N-dealkylation sites (N-methyl/N-ethyl adjacent to an activating group) is 1. The maximum atomic E-state index is 12.3. The molecule has 1 unspecified atom stereocenters. The van der Waals surface area contributed by atoms with E-state index in [-0.39, 0.29) is 11.7 Å². The van der Waals surface area contributed by atoms with Crippen molar-refractivity contribution < 1.29 is 24.0 Å². The van der Waals surface area contributed by atoms with E-state index in [4.69, 9.17) is 9.47 Å². The number of carbonyl (C=O) groups is 2. The SMILES string of the molecule is CCOc1ccc(C[NH+](C)CC(=O)Nc2cccc(C(C)=O)c2)cc1OC. The molecule has 0 aliphatic rings. The number of Topliss-reactive ketones (excluding diaryl/α,β-unsaturated/α-hetero) is 1. The fraction of sp³-hybridized carbons (Fsp3) is 0.333. The quantitative estimate of drug-likeness (QED) is 0.661. The summed E-state index contributed by atoms with van der Waals surface area (Å²) in [5, 5.41) is 2.85. The summed E-state index contributed by atoms with van der Waals surface area (Å²) in [5.74, 6) is 1.27. The van der Waals surface area contributed by atoms with E-state index in [2.05, 4.69) is 5.32 Å². The largest absolute Gasteiger partial charge is 0.493 e. The summed E-state index contributed by atoms with van der Waals surface area (Å²) < 4.78 is 10.9. The Morgan fingerprint density at radius 3 is 2.56 bits per heavy atom. The highest BCUT2D eigenvalue weighted by Gasteiger charge is 2.13. The maximum Gasteiger partial charge on any atom is 0.279 e. The summed E-state index contributed by atoms with van der Waals surface area (Å²) >= 11 is 0. The number of rotatable bonds is 9. The molecular formula is C21H27N2O4+. The zero-order valence-electron chi connectivity index (χ0n) is 16.3. The Balaban J connectivity index is 1.95. The highest BCUT2D eigenvalue weighted by molar-refractivity contribution is 5.97. The van der Waals surface area contributed by atoms with Crippen LogP contribution in [-0.2, 0) is 11.3 Å². The molecule has 0 heterocycles. The Bertz CT molecular complexity index is 805. The first-order valence-corrected chi connectivity index (χ1v) is 8.94. The molecule has 6 heteroatoms. The molecule has 2 N–H and O–H groups in total. The molecule has 2 rings (SSSR count). The average molecular weight is 371 g/mol. The molecule has 0 aliphatic heterocycles. The van der Waals surface area contributed by atoms with Gasteiger partial charge in [-0.1, -0.05) is 12.1 Å². The van der Waals surface area contributed by atoms with Crippen LogP contribution < -0.4 is 19.7 Å². The van der Waals surface area contributed by atoms with Crippen molar-refractivity contribution in [1.29, 1.82) is 0 Å². The lowest BCUT2D eigenvalue weighted by atomic mass is 10.1. The van der Waals surface area contributed by atoms with Gasteiger partial charge < -0.3 is 19.7 Å². The number of anilines is 1. The average Bonchev–Trinajstić information content (AvgIpc) is 2.63. The Labute approximate surface area is 160 Å². The Hall–Kier alpha value is -2.86. The monoisotopic (exact) mass is 371 g/mol. The van der Waals surface area contributed by atoms with Gasteiger partial charge >= 0.3 is 0 Å². The minimum absolute atomic E-state index is 0.0294. The van der Waals surface area contributed by atoms with Crippen LogP contribution in [0.1, 0.15) is 29.8 Å². The fourth-order valence-corrected chi connectivity index (χ4v) is 2.80. The van der Waals surface area contributed by atoms with Crippen molar-refractivity contribution in [3.05, 3.63) is 53.6 Å². The number of hydrogen-bond acceptors (Lipinski definition) is 4. The van der Waals surface area contributed by atoms with Gasteiger partial charge in [0.25, 0.3) is 5.91 Å². The second kappa shape index (κ2) is 9.73. The molecular weight excluding hydrogens is 344 g/mol. The van der Waals surface area contributed by atoms with Crippen molar-refractivity contribution in [2.75, 3.05) is 32.6 Å². The minimum atomic E-state index is -0.105. The molecule has 0 aliphatic carbocycles. The molecule has 0 radical (unpaired) electrons. The molecule has 144 valence electrons. The third kappa shape index (κ3) is 6.11. The standard InChI is InChI=1S/C21H26N2O4/c1-5-27-19-10-9-16(11-20(19)26-4)13-23(3)14-21(25)22-18-8-6-7-17(12-18)15(2)24/h6-12H,5,13-14H2,1-4H3,(H,22,25)/p+1. The number of amides is 1. The Morgan fingerprint density at radius 2 is 1.89 bits per heavy atom. The number of nitrogens with one attached hydrogen (secondary N) is 2. The normalized spacial score (nSPS) is 11.6. The van der Waals surface area contributed by atoms with Gasteiger partial charge in [0.15, 0.2) is 23.8 Å². The number of ether oxygens (including phenoxy) is 2. The van der Waals surface area contributed by atoms with E-state index in [1.807, 2.05) is 32.2 Å². The first kappa shape index (κ1) is 20.5. The number of quaternary nitrogens is 1. The second-order valence-corrected chi connectivity index (χ2v) is 6.41. The fourth-order valence-electron chi connectivity index (χ4n) is 2.80. The van der Waals surface area contributed by atoms with Gasteiger partial charge in [0.05, 0.1) is 20.8 Å². The van der Waals surface area contributed by atoms with Gasteiger partial charge in [-0.25, -0.2) is 0 Å². The molecule has 27 heavy (non-hydrogen) atoms. The smallest absolute Gasteiger partial charge is 0.279 e. The number of benzene rings is 2. The number of carbonyl (C=O) groups excluding carboxylic acids is 2. The van der Waals surface area contributed by atoms with Gasteiger partial charge in [0.2, 0.25) is 0 Å². The van der Waals surface area contributed by atoms with E-state index in [1.54, 1.807) is 31.4 Å². The van der Waals surface area contributed by atoms with E-state index in [9.17, 15) is 9.59 Å². The van der Waals surface area contributed by atoms with Crippen molar-refractivity contribution in [2.45, 2.75) is 20.4 Å². The van der Waals surface area contributed by atoms with Crippen LogP contribution in [0.25, 0.3) is 0 Å². The predicted octanol–water partition coefficient (Wildman–Crippen LogP) is 1.95. The lowest BCUT2D eigenvalue weighted by molar-refractivity contribution is -0.885. The molecule has 0 bridgehead atoms. The first-order valence-electron chi connectivity index (χ1n) is 8.94. The third-order valence-electron chi connectivity index (χ3n) is 4.05. The lowest BCUT2D eigenvalue weighted by Gasteiger charge is -2.16. The van der Waals surface area contributed by atoms with Crippen molar-refractivity contribution in [3.8, 4) is 11.5 Å². The third-order valence-corrected chi connectivity index (χ3v) is 4.05. The molecule has 0 saturated carbocycles. The number of hydrogen-bond donors (Lipinski definition) is 2. The van der Waals surface area contributed by atoms with Crippen LogP contribution in [0, 0.1) is 0 Å². The van der Waals surface area contributed by atoms with Gasteiger partial charge in [0.1, 0.15) is 6.54 Å². The van der Waals surface area contributed by atoms with Crippen LogP contribution in [0.4, 0.5) is 5.69 Å². The zero-order chi connectivity index (χ0) is 19.8. The van der Waals surface area contributed by atoms with Crippen LogP contribution >= 0.6 is 0 Å². The summed E-state index contributed by atoms with van der Waals surface area (Å²) in [4.78, 5) is 24.8. The van der Waals surface area contributed by atoms with Gasteiger partial charge in [-0.15, -0.1) is 0 Å². The van der Waals surface area contributed by atoms with Crippen LogP contribution in [0.3, 0.4) is 0 Å². The first-order chi connectivity index (χ1) is 12.9. The van der Waals surface area contributed by atoms with Gasteiger partial charge in [-0.3, -0.25) is 9.59 Å². The second-order valence-electron chi connectivity index (χ2n) is 6.41. The Kier molecular flexibility index (Phi) is 7.37. The summed E-state index contributed by atoms with van der Waals surface area (Å²) in [6.07, 6.45) is 0. The number of methoxy groups -OCH3 is 1. The number of ketones is 1. The van der Waals surface area contributed by atoms with E-state index in [0.717, 1.165) is 10.5 Å². The van der Waals surface area contributed by atoms with Crippen LogP contribution in [0.2, 0.25) is 0 Å². The van der Waals surface area contributed by atoms with Crippen LogP contribution in [-0.4, -0.2) is 39.0 Å². The summed E-state index contributed by atoms with van der Waals surface area (Å²) in [5.41, 5.74) is 2.26. The molecule has 2 aromatic rings. The van der Waals surface area contributed by atoms with Crippen LogP contribution in [0.15, 0.2) is 42.5 Å². The van der Waals surface area contributed by atoms with E-state index < -0.39 is 0 Å². The van der Waals surface area contributed by atoms with Crippen molar-refractivity contribution in [2.24, 2.45) is 0 Å². The van der Waals surface area contributed by atoms with Crippen molar-refractivity contribution in [3.63, 3.8) is 0 Å². The highest BCUT2D eigenvalue weighted by Crippen LogP contribution is 2.27. The van der Waals surface area contributed by atoms with Gasteiger partial charge in [0, 0.05) is 16.8 Å².